The van der Waals surface area contributed by atoms with E-state index in [9.17, 15) is 13.6 Å². The van der Waals surface area contributed by atoms with Crippen molar-refractivity contribution in [1.82, 2.24) is 5.32 Å². The second-order valence-corrected chi connectivity index (χ2v) is 5.92. The van der Waals surface area contributed by atoms with Crippen molar-refractivity contribution < 1.29 is 13.6 Å². The summed E-state index contributed by atoms with van der Waals surface area (Å²) in [6.07, 6.45) is 6.18. The van der Waals surface area contributed by atoms with Crippen molar-refractivity contribution in [2.75, 3.05) is 0 Å². The fraction of sp³-hybridized carbons (Fsp3) is 0.562. The van der Waals surface area contributed by atoms with Gasteiger partial charge in [0, 0.05) is 6.04 Å². The Morgan fingerprint density at radius 1 is 1.19 bits per heavy atom. The lowest BCUT2D eigenvalue weighted by Gasteiger charge is -2.33. The number of halogens is 2. The van der Waals surface area contributed by atoms with Crippen LogP contribution in [0.1, 0.15) is 51.0 Å². The summed E-state index contributed by atoms with van der Waals surface area (Å²) in [7, 11) is 0. The van der Waals surface area contributed by atoms with Gasteiger partial charge in [-0.3, -0.25) is 10.1 Å². The third-order valence-corrected chi connectivity index (χ3v) is 4.30. The molecule has 1 aliphatic carbocycles. The van der Waals surface area contributed by atoms with Gasteiger partial charge in [0.1, 0.15) is 17.2 Å². The molecule has 1 aliphatic rings. The van der Waals surface area contributed by atoms with Gasteiger partial charge in [-0.05, 0) is 31.9 Å². The highest BCUT2D eigenvalue weighted by molar-refractivity contribution is 5.86. The number of benzene rings is 1. The summed E-state index contributed by atoms with van der Waals surface area (Å²) < 4.78 is 28.1. The highest BCUT2D eigenvalue weighted by atomic mass is 19.1. The molecule has 116 valence electrons. The topological polar surface area (TPSA) is 55.1 Å². The minimum atomic E-state index is -1.54. The van der Waals surface area contributed by atoms with Crippen molar-refractivity contribution in [3.63, 3.8) is 0 Å². The van der Waals surface area contributed by atoms with Gasteiger partial charge < -0.3 is 5.73 Å². The first kappa shape index (κ1) is 15.9. The van der Waals surface area contributed by atoms with E-state index < -0.39 is 23.1 Å². The lowest BCUT2D eigenvalue weighted by Crippen LogP contribution is -2.55. The molecule has 1 amide bonds. The van der Waals surface area contributed by atoms with Crippen LogP contribution in [0.4, 0.5) is 8.78 Å². The Morgan fingerprint density at radius 2 is 1.71 bits per heavy atom. The Hall–Kier alpha value is -1.49. The molecule has 1 unspecified atom stereocenters. The third-order valence-electron chi connectivity index (χ3n) is 4.30. The van der Waals surface area contributed by atoms with E-state index in [-0.39, 0.29) is 11.6 Å². The Balaban J connectivity index is 2.33. The second-order valence-electron chi connectivity index (χ2n) is 5.92. The van der Waals surface area contributed by atoms with Crippen LogP contribution >= 0.6 is 0 Å². The molecule has 21 heavy (non-hydrogen) atoms. The minimum Gasteiger partial charge on any atom is -0.368 e. The van der Waals surface area contributed by atoms with Gasteiger partial charge in [0.2, 0.25) is 5.91 Å². The van der Waals surface area contributed by atoms with Gasteiger partial charge in [0.15, 0.2) is 0 Å². The first-order chi connectivity index (χ1) is 9.95. The van der Waals surface area contributed by atoms with Crippen molar-refractivity contribution in [2.24, 2.45) is 5.73 Å². The SMILES string of the molecule is CC(NC1CCCCCC1)(C(N)=O)c1c(F)cccc1F. The van der Waals surface area contributed by atoms with E-state index in [2.05, 4.69) is 5.32 Å². The molecule has 2 rings (SSSR count). The highest BCUT2D eigenvalue weighted by Gasteiger charge is 2.39. The van der Waals surface area contributed by atoms with E-state index in [1.54, 1.807) is 0 Å². The summed E-state index contributed by atoms with van der Waals surface area (Å²) in [5.41, 5.74) is 3.63. The number of hydrogen-bond donors (Lipinski definition) is 2. The quantitative estimate of drug-likeness (QED) is 0.839. The summed E-state index contributed by atoms with van der Waals surface area (Å²) in [6.45, 7) is 1.46. The molecule has 1 atom stereocenters. The predicted molar refractivity (Wildman–Crippen MR) is 77.5 cm³/mol. The van der Waals surface area contributed by atoms with Crippen molar-refractivity contribution in [3.05, 3.63) is 35.4 Å². The molecular formula is C16H22F2N2O. The normalized spacial score (nSPS) is 19.8. The number of hydrogen-bond acceptors (Lipinski definition) is 2. The van der Waals surface area contributed by atoms with Crippen LogP contribution in [0.15, 0.2) is 18.2 Å². The second kappa shape index (κ2) is 6.52. The summed E-state index contributed by atoms with van der Waals surface area (Å²) in [6, 6.07) is 3.62. The fourth-order valence-corrected chi connectivity index (χ4v) is 3.07. The zero-order valence-corrected chi connectivity index (χ0v) is 12.3. The molecular weight excluding hydrogens is 274 g/mol. The van der Waals surface area contributed by atoms with E-state index in [4.69, 9.17) is 5.73 Å². The van der Waals surface area contributed by atoms with Crippen LogP contribution in [0, 0.1) is 11.6 Å². The Labute approximate surface area is 123 Å². The molecule has 1 fully saturated rings. The molecule has 1 saturated carbocycles. The third kappa shape index (κ3) is 3.40. The maximum atomic E-state index is 14.1. The molecule has 1 aromatic carbocycles. The predicted octanol–water partition coefficient (Wildman–Crippen LogP) is 2.98. The van der Waals surface area contributed by atoms with E-state index in [0.29, 0.717) is 0 Å². The van der Waals surface area contributed by atoms with E-state index in [0.717, 1.165) is 50.7 Å². The molecule has 3 nitrogen and oxygen atoms in total. The summed E-state index contributed by atoms with van der Waals surface area (Å²) in [5.74, 6) is -2.27. The van der Waals surface area contributed by atoms with Crippen LogP contribution in [0.3, 0.4) is 0 Å². The van der Waals surface area contributed by atoms with Crippen molar-refractivity contribution in [3.8, 4) is 0 Å². The van der Waals surface area contributed by atoms with Gasteiger partial charge in [-0.2, -0.15) is 0 Å². The monoisotopic (exact) mass is 296 g/mol. The molecule has 0 aliphatic heterocycles. The zero-order valence-electron chi connectivity index (χ0n) is 12.3. The summed E-state index contributed by atoms with van der Waals surface area (Å²) in [4.78, 5) is 11.9. The molecule has 0 radical (unpaired) electrons. The lowest BCUT2D eigenvalue weighted by molar-refractivity contribution is -0.124. The van der Waals surface area contributed by atoms with Gasteiger partial charge in [-0.1, -0.05) is 31.7 Å². The van der Waals surface area contributed by atoms with E-state index in [1.807, 2.05) is 0 Å². The van der Waals surface area contributed by atoms with Crippen LogP contribution in [0.5, 0.6) is 0 Å². The largest absolute Gasteiger partial charge is 0.368 e. The lowest BCUT2D eigenvalue weighted by atomic mass is 9.88. The number of nitrogens with two attached hydrogens (primary N) is 1. The van der Waals surface area contributed by atoms with Crippen LogP contribution in [0.25, 0.3) is 0 Å². The first-order valence-electron chi connectivity index (χ1n) is 7.47. The average Bonchev–Trinajstić information content (AvgIpc) is 2.66. The Morgan fingerprint density at radius 3 is 2.19 bits per heavy atom. The molecule has 0 heterocycles. The minimum absolute atomic E-state index is 0.0454. The molecule has 0 bridgehead atoms. The maximum absolute atomic E-state index is 14.1. The Kier molecular flexibility index (Phi) is 4.93. The fourth-order valence-electron chi connectivity index (χ4n) is 3.07. The highest BCUT2D eigenvalue weighted by Crippen LogP contribution is 2.29. The molecule has 0 spiro atoms. The molecule has 5 heteroatoms. The molecule has 1 aromatic rings. The zero-order chi connectivity index (χ0) is 15.5. The number of primary amides is 1. The van der Waals surface area contributed by atoms with Gasteiger partial charge >= 0.3 is 0 Å². The average molecular weight is 296 g/mol. The van der Waals surface area contributed by atoms with Gasteiger partial charge in [-0.15, -0.1) is 0 Å². The van der Waals surface area contributed by atoms with Crippen molar-refractivity contribution in [1.29, 1.82) is 0 Å². The van der Waals surface area contributed by atoms with Crippen molar-refractivity contribution in [2.45, 2.75) is 57.0 Å². The van der Waals surface area contributed by atoms with E-state index >= 15 is 0 Å². The molecule has 0 aromatic heterocycles. The van der Waals surface area contributed by atoms with Crippen LogP contribution in [-0.2, 0) is 10.3 Å². The van der Waals surface area contributed by atoms with Crippen LogP contribution in [0.2, 0.25) is 0 Å². The van der Waals surface area contributed by atoms with Crippen molar-refractivity contribution >= 4 is 5.91 Å². The van der Waals surface area contributed by atoms with Crippen LogP contribution in [-0.4, -0.2) is 11.9 Å². The molecule has 3 N–H and O–H groups in total. The number of amides is 1. The maximum Gasteiger partial charge on any atom is 0.242 e. The number of carbonyl (C=O) groups excluding carboxylic acids is 1. The first-order valence-corrected chi connectivity index (χ1v) is 7.47. The smallest absolute Gasteiger partial charge is 0.242 e. The Bertz CT molecular complexity index is 493. The summed E-state index contributed by atoms with van der Waals surface area (Å²) >= 11 is 0. The van der Waals surface area contributed by atoms with Gasteiger partial charge in [0.25, 0.3) is 0 Å². The van der Waals surface area contributed by atoms with E-state index in [1.165, 1.54) is 13.0 Å². The molecule has 0 saturated heterocycles. The van der Waals surface area contributed by atoms with Gasteiger partial charge in [-0.25, -0.2) is 8.78 Å². The number of rotatable bonds is 4. The van der Waals surface area contributed by atoms with Gasteiger partial charge in [0.05, 0.1) is 5.56 Å². The number of carbonyl (C=O) groups is 1. The standard InChI is InChI=1S/C16H22F2N2O/c1-16(15(19)21,14-12(17)9-6-10-13(14)18)20-11-7-4-2-3-5-8-11/h6,9-11,20H,2-5,7-8H2,1H3,(H2,19,21). The van der Waals surface area contributed by atoms with Crippen LogP contribution < -0.4 is 11.1 Å². The summed E-state index contributed by atoms with van der Waals surface area (Å²) in [5, 5.41) is 3.12. The number of nitrogens with one attached hydrogen (secondary N) is 1.